The van der Waals surface area contributed by atoms with E-state index in [1.165, 1.54) is 0 Å². The van der Waals surface area contributed by atoms with Crippen molar-refractivity contribution in [1.82, 2.24) is 10.6 Å². The average molecular weight is 254 g/mol. The highest BCUT2D eigenvalue weighted by molar-refractivity contribution is 5.75. The van der Waals surface area contributed by atoms with Gasteiger partial charge in [0.25, 0.3) is 0 Å². The summed E-state index contributed by atoms with van der Waals surface area (Å²) >= 11 is 0. The molecule has 0 saturated carbocycles. The quantitative estimate of drug-likeness (QED) is 0.577. The second-order valence-corrected chi connectivity index (χ2v) is 4.31. The number of nitrogens with one attached hydrogen (secondary N) is 2. The molecule has 0 fully saturated rings. The van der Waals surface area contributed by atoms with Gasteiger partial charge < -0.3 is 15.7 Å². The van der Waals surface area contributed by atoms with Gasteiger partial charge in [-0.1, -0.05) is 19.3 Å². The molecule has 0 spiro atoms. The van der Waals surface area contributed by atoms with Crippen molar-refractivity contribution in [2.45, 2.75) is 58.0 Å². The van der Waals surface area contributed by atoms with Crippen LogP contribution in [0.1, 0.15) is 46.0 Å². The number of urea groups is 1. The summed E-state index contributed by atoms with van der Waals surface area (Å²) in [5, 5.41) is 13.9. The molecule has 0 saturated heterocycles. The third kappa shape index (κ3) is 8.45. The second kappa shape index (κ2) is 9.34. The van der Waals surface area contributed by atoms with Crippen molar-refractivity contribution < 1.29 is 14.7 Å². The van der Waals surface area contributed by atoms with Crippen LogP contribution in [-0.2, 0) is 4.79 Å². The maximum atomic E-state index is 11.6. The van der Waals surface area contributed by atoms with Gasteiger partial charge in [-0.3, -0.25) is 4.79 Å². The molecule has 3 N–H and O–H groups in total. The summed E-state index contributed by atoms with van der Waals surface area (Å²) in [6.07, 6.45) is 8.25. The van der Waals surface area contributed by atoms with Crippen molar-refractivity contribution in [2.24, 2.45) is 0 Å². The predicted molar refractivity (Wildman–Crippen MR) is 70.1 cm³/mol. The molecule has 0 rings (SSSR count). The van der Waals surface area contributed by atoms with Gasteiger partial charge in [0, 0.05) is 12.5 Å². The maximum Gasteiger partial charge on any atom is 0.315 e. The van der Waals surface area contributed by atoms with Crippen LogP contribution >= 0.6 is 0 Å². The monoisotopic (exact) mass is 254 g/mol. The van der Waals surface area contributed by atoms with E-state index in [0.29, 0.717) is 12.8 Å². The van der Waals surface area contributed by atoms with Crippen LogP contribution in [0, 0.1) is 12.3 Å². The minimum absolute atomic E-state index is 0.0654. The Morgan fingerprint density at radius 2 is 2.00 bits per heavy atom. The van der Waals surface area contributed by atoms with Crippen LogP contribution in [0.2, 0.25) is 0 Å². The molecule has 2 atom stereocenters. The highest BCUT2D eigenvalue weighted by Gasteiger charge is 2.11. The number of carboxylic acids is 1. The van der Waals surface area contributed by atoms with E-state index < -0.39 is 5.97 Å². The first-order valence-electron chi connectivity index (χ1n) is 6.24. The van der Waals surface area contributed by atoms with E-state index in [9.17, 15) is 9.59 Å². The molecular weight excluding hydrogens is 232 g/mol. The summed E-state index contributed by atoms with van der Waals surface area (Å²) in [5.74, 6) is 1.70. The molecule has 0 aliphatic rings. The van der Waals surface area contributed by atoms with E-state index in [1.54, 1.807) is 0 Å². The minimum Gasteiger partial charge on any atom is -0.481 e. The highest BCUT2D eigenvalue weighted by atomic mass is 16.4. The molecule has 0 aromatic carbocycles. The van der Waals surface area contributed by atoms with Gasteiger partial charge >= 0.3 is 12.0 Å². The summed E-state index contributed by atoms with van der Waals surface area (Å²) < 4.78 is 0. The van der Waals surface area contributed by atoms with E-state index >= 15 is 0 Å². The van der Waals surface area contributed by atoms with Gasteiger partial charge in [-0.05, 0) is 26.2 Å². The molecule has 102 valence electrons. The van der Waals surface area contributed by atoms with Crippen LogP contribution < -0.4 is 10.6 Å². The van der Waals surface area contributed by atoms with Crippen LogP contribution in [-0.4, -0.2) is 29.2 Å². The fraction of sp³-hybridized carbons (Fsp3) is 0.692. The Kier molecular flexibility index (Phi) is 8.46. The summed E-state index contributed by atoms with van der Waals surface area (Å²) in [7, 11) is 0. The first-order valence-corrected chi connectivity index (χ1v) is 6.24. The summed E-state index contributed by atoms with van der Waals surface area (Å²) in [6.45, 7) is 3.84. The van der Waals surface area contributed by atoms with E-state index in [2.05, 4.69) is 16.6 Å². The number of amides is 2. The number of terminal acetylenes is 1. The molecule has 2 amide bonds. The van der Waals surface area contributed by atoms with Gasteiger partial charge in [0.05, 0.1) is 6.04 Å². The van der Waals surface area contributed by atoms with E-state index in [0.717, 1.165) is 12.8 Å². The molecule has 2 unspecified atom stereocenters. The second-order valence-electron chi connectivity index (χ2n) is 4.31. The Labute approximate surface area is 108 Å². The Bertz CT molecular complexity index is 310. The summed E-state index contributed by atoms with van der Waals surface area (Å²) in [6, 6.07) is -0.611. The molecule has 0 heterocycles. The number of hydrogen-bond acceptors (Lipinski definition) is 2. The largest absolute Gasteiger partial charge is 0.481 e. The van der Waals surface area contributed by atoms with E-state index in [4.69, 9.17) is 11.5 Å². The van der Waals surface area contributed by atoms with Crippen molar-refractivity contribution in [3.63, 3.8) is 0 Å². The fourth-order valence-corrected chi connectivity index (χ4v) is 1.54. The smallest absolute Gasteiger partial charge is 0.315 e. The SMILES string of the molecule is C#CC(CCC)NC(=O)NC(C)CCCC(=O)O. The number of carboxylic acid groups (broad SMARTS) is 1. The Balaban J connectivity index is 3.86. The topological polar surface area (TPSA) is 78.4 Å². The van der Waals surface area contributed by atoms with Gasteiger partial charge in [0.1, 0.15) is 0 Å². The van der Waals surface area contributed by atoms with Gasteiger partial charge in [0.2, 0.25) is 0 Å². The zero-order valence-corrected chi connectivity index (χ0v) is 11.0. The average Bonchev–Trinajstić information content (AvgIpc) is 2.27. The molecule has 0 radical (unpaired) electrons. The zero-order valence-electron chi connectivity index (χ0n) is 11.0. The van der Waals surface area contributed by atoms with E-state index in [-0.39, 0.29) is 24.5 Å². The van der Waals surface area contributed by atoms with Crippen LogP contribution in [0.15, 0.2) is 0 Å². The maximum absolute atomic E-state index is 11.6. The molecule has 5 nitrogen and oxygen atoms in total. The third-order valence-corrected chi connectivity index (χ3v) is 2.49. The van der Waals surface area contributed by atoms with Gasteiger partial charge in [-0.25, -0.2) is 4.79 Å². The van der Waals surface area contributed by atoms with Crippen molar-refractivity contribution in [2.75, 3.05) is 0 Å². The minimum atomic E-state index is -0.818. The lowest BCUT2D eigenvalue weighted by atomic mass is 10.1. The first kappa shape index (κ1) is 16.3. The Morgan fingerprint density at radius 3 is 2.50 bits per heavy atom. The first-order chi connectivity index (χ1) is 8.49. The molecule has 0 aromatic heterocycles. The zero-order chi connectivity index (χ0) is 14.0. The molecule has 5 heteroatoms. The number of hydrogen-bond donors (Lipinski definition) is 3. The number of carbonyl (C=O) groups excluding carboxylic acids is 1. The Morgan fingerprint density at radius 1 is 1.33 bits per heavy atom. The van der Waals surface area contributed by atoms with Gasteiger partial charge in [-0.2, -0.15) is 0 Å². The summed E-state index contributed by atoms with van der Waals surface area (Å²) in [4.78, 5) is 21.9. The van der Waals surface area contributed by atoms with Crippen LogP contribution in [0.3, 0.4) is 0 Å². The molecular formula is C13H22N2O3. The van der Waals surface area contributed by atoms with Crippen LogP contribution in [0.25, 0.3) is 0 Å². The van der Waals surface area contributed by atoms with Crippen LogP contribution in [0.5, 0.6) is 0 Å². The molecule has 0 aliphatic carbocycles. The number of aliphatic carboxylic acids is 1. The van der Waals surface area contributed by atoms with Crippen molar-refractivity contribution in [3.05, 3.63) is 0 Å². The van der Waals surface area contributed by atoms with Gasteiger partial charge in [0.15, 0.2) is 0 Å². The summed E-state index contributed by atoms with van der Waals surface area (Å²) in [5.41, 5.74) is 0. The van der Waals surface area contributed by atoms with Crippen molar-refractivity contribution in [1.29, 1.82) is 0 Å². The lowest BCUT2D eigenvalue weighted by molar-refractivity contribution is -0.137. The van der Waals surface area contributed by atoms with Crippen LogP contribution in [0.4, 0.5) is 4.79 Å². The number of rotatable bonds is 8. The number of carbonyl (C=O) groups is 2. The predicted octanol–water partition coefficient (Wildman–Crippen LogP) is 1.73. The Hall–Kier alpha value is -1.70. The molecule has 0 aliphatic heterocycles. The highest BCUT2D eigenvalue weighted by Crippen LogP contribution is 2.01. The molecule has 18 heavy (non-hydrogen) atoms. The van der Waals surface area contributed by atoms with Crippen molar-refractivity contribution >= 4 is 12.0 Å². The molecule has 0 aromatic rings. The van der Waals surface area contributed by atoms with Gasteiger partial charge in [-0.15, -0.1) is 6.42 Å². The normalized spacial score (nSPS) is 13.2. The molecule has 0 bridgehead atoms. The fourth-order valence-electron chi connectivity index (χ4n) is 1.54. The standard InChI is InChI=1S/C13H22N2O3/c1-4-7-11(5-2)15-13(18)14-10(3)8-6-9-12(16)17/h2,10-11H,4,6-9H2,1,3H3,(H,16,17)(H2,14,15,18). The lowest BCUT2D eigenvalue weighted by Gasteiger charge is -2.17. The van der Waals surface area contributed by atoms with Crippen molar-refractivity contribution in [3.8, 4) is 12.3 Å². The third-order valence-electron chi connectivity index (χ3n) is 2.49. The van der Waals surface area contributed by atoms with E-state index in [1.807, 2.05) is 13.8 Å². The lowest BCUT2D eigenvalue weighted by Crippen LogP contribution is -2.45.